The van der Waals surface area contributed by atoms with Crippen LogP contribution in [0.3, 0.4) is 0 Å². The number of hydrogen-bond acceptors (Lipinski definition) is 1. The highest BCUT2D eigenvalue weighted by Crippen LogP contribution is 2.35. The highest BCUT2D eigenvalue weighted by atomic mass is 14.9. The maximum Gasteiger partial charge on any atom is 0.0136 e. The van der Waals surface area contributed by atoms with E-state index < -0.39 is 0 Å². The Bertz CT molecular complexity index is 408. The van der Waals surface area contributed by atoms with Crippen LogP contribution < -0.4 is 5.32 Å². The van der Waals surface area contributed by atoms with Crippen molar-refractivity contribution in [2.45, 2.75) is 51.0 Å². The third-order valence-electron chi connectivity index (χ3n) is 4.15. The Balaban J connectivity index is 2.14. The third-order valence-corrected chi connectivity index (χ3v) is 4.15. The fourth-order valence-electron chi connectivity index (χ4n) is 3.16. The second-order valence-corrected chi connectivity index (χ2v) is 5.59. The van der Waals surface area contributed by atoms with Gasteiger partial charge >= 0.3 is 0 Å². The molecule has 0 heterocycles. The molecule has 2 rings (SSSR count). The molecule has 0 radical (unpaired) electrons. The van der Waals surface area contributed by atoms with Crippen LogP contribution in [0, 0.1) is 0 Å². The Morgan fingerprint density at radius 2 is 2.22 bits per heavy atom. The van der Waals surface area contributed by atoms with E-state index in [1.54, 1.807) is 11.1 Å². The lowest BCUT2D eigenvalue weighted by molar-refractivity contribution is 0.393. The van der Waals surface area contributed by atoms with E-state index in [2.05, 4.69) is 50.1 Å². The molecule has 1 nitrogen and oxygen atoms in total. The quantitative estimate of drug-likeness (QED) is 0.769. The van der Waals surface area contributed by atoms with Crippen molar-refractivity contribution in [3.63, 3.8) is 0 Å². The summed E-state index contributed by atoms with van der Waals surface area (Å²) in [7, 11) is 2.10. The van der Waals surface area contributed by atoms with Gasteiger partial charge < -0.3 is 5.32 Å². The van der Waals surface area contributed by atoms with Crippen molar-refractivity contribution in [2.24, 2.45) is 0 Å². The van der Waals surface area contributed by atoms with Crippen LogP contribution in [0.5, 0.6) is 0 Å². The van der Waals surface area contributed by atoms with Crippen LogP contribution in [-0.2, 0) is 6.42 Å². The maximum atomic E-state index is 4.02. The van der Waals surface area contributed by atoms with Crippen LogP contribution in [0.4, 0.5) is 0 Å². The monoisotopic (exact) mass is 243 g/mol. The molecule has 0 saturated carbocycles. The highest BCUT2D eigenvalue weighted by Gasteiger charge is 2.26. The number of benzene rings is 1. The van der Waals surface area contributed by atoms with Gasteiger partial charge in [0.05, 0.1) is 0 Å². The molecule has 18 heavy (non-hydrogen) atoms. The van der Waals surface area contributed by atoms with Crippen LogP contribution in [0.1, 0.15) is 49.7 Å². The summed E-state index contributed by atoms with van der Waals surface area (Å²) >= 11 is 0. The average Bonchev–Trinajstić information content (AvgIpc) is 2.39. The molecule has 1 aliphatic rings. The van der Waals surface area contributed by atoms with Crippen LogP contribution in [0.2, 0.25) is 0 Å². The van der Waals surface area contributed by atoms with E-state index in [0.717, 1.165) is 6.42 Å². The van der Waals surface area contributed by atoms with Gasteiger partial charge in [0, 0.05) is 6.04 Å². The zero-order valence-corrected chi connectivity index (χ0v) is 11.7. The molecular weight excluding hydrogens is 218 g/mol. The van der Waals surface area contributed by atoms with Gasteiger partial charge in [-0.3, -0.25) is 0 Å². The average molecular weight is 243 g/mol. The van der Waals surface area contributed by atoms with Gasteiger partial charge in [0.1, 0.15) is 0 Å². The van der Waals surface area contributed by atoms with Gasteiger partial charge in [-0.2, -0.15) is 0 Å². The van der Waals surface area contributed by atoms with E-state index in [0.29, 0.717) is 12.0 Å². The molecule has 1 N–H and O–H groups in total. The third kappa shape index (κ3) is 3.02. The number of likely N-dealkylation sites (N-methyl/N-ethyl adjacent to an activating group) is 1. The Labute approximate surface area is 111 Å². The molecule has 98 valence electrons. The van der Waals surface area contributed by atoms with E-state index in [-0.39, 0.29) is 0 Å². The molecule has 1 aromatic carbocycles. The van der Waals surface area contributed by atoms with Crippen molar-refractivity contribution in [2.75, 3.05) is 7.05 Å². The molecule has 0 saturated heterocycles. The standard InChI is InChI=1S/C17H25N/c1-13(2)11-12-17(18-3)16-10-6-8-14-7-4-5-9-15(14)16/h4-5,7,9,16-18H,1,6,8,10-12H2,2-3H3. The predicted octanol–water partition coefficient (Wildman–Crippen LogP) is 4.05. The molecule has 0 amide bonds. The minimum Gasteiger partial charge on any atom is -0.316 e. The van der Waals surface area contributed by atoms with Gasteiger partial charge in [0.2, 0.25) is 0 Å². The first kappa shape index (κ1) is 13.4. The number of rotatable bonds is 5. The minimum absolute atomic E-state index is 0.586. The Morgan fingerprint density at radius 3 is 2.94 bits per heavy atom. The van der Waals surface area contributed by atoms with E-state index in [9.17, 15) is 0 Å². The molecule has 1 aromatic rings. The Hall–Kier alpha value is -1.08. The van der Waals surface area contributed by atoms with E-state index in [4.69, 9.17) is 0 Å². The topological polar surface area (TPSA) is 12.0 Å². The van der Waals surface area contributed by atoms with Gasteiger partial charge in [-0.05, 0) is 63.1 Å². The Kier molecular flexibility index (Phi) is 4.60. The lowest BCUT2D eigenvalue weighted by Gasteiger charge is -2.32. The van der Waals surface area contributed by atoms with Gasteiger partial charge in [-0.25, -0.2) is 0 Å². The van der Waals surface area contributed by atoms with Crippen LogP contribution in [0.25, 0.3) is 0 Å². The van der Waals surface area contributed by atoms with Gasteiger partial charge in [0.25, 0.3) is 0 Å². The van der Waals surface area contributed by atoms with E-state index in [1.165, 1.54) is 31.3 Å². The largest absolute Gasteiger partial charge is 0.316 e. The van der Waals surface area contributed by atoms with Crippen molar-refractivity contribution in [1.29, 1.82) is 0 Å². The van der Waals surface area contributed by atoms with Crippen molar-refractivity contribution < 1.29 is 0 Å². The molecule has 0 spiro atoms. The minimum atomic E-state index is 0.586. The van der Waals surface area contributed by atoms with Crippen molar-refractivity contribution in [1.82, 2.24) is 5.32 Å². The first-order chi connectivity index (χ1) is 8.72. The predicted molar refractivity (Wildman–Crippen MR) is 79.0 cm³/mol. The zero-order chi connectivity index (χ0) is 13.0. The summed E-state index contributed by atoms with van der Waals surface area (Å²) in [4.78, 5) is 0. The fourth-order valence-corrected chi connectivity index (χ4v) is 3.16. The van der Waals surface area contributed by atoms with Gasteiger partial charge in [-0.1, -0.05) is 29.8 Å². The molecule has 2 unspecified atom stereocenters. The summed E-state index contributed by atoms with van der Waals surface area (Å²) in [6.45, 7) is 6.15. The molecule has 1 aliphatic carbocycles. The summed E-state index contributed by atoms with van der Waals surface area (Å²) in [6, 6.07) is 9.56. The number of fused-ring (bicyclic) bond motifs is 1. The Morgan fingerprint density at radius 1 is 1.44 bits per heavy atom. The van der Waals surface area contributed by atoms with Crippen LogP contribution in [0.15, 0.2) is 36.4 Å². The summed E-state index contributed by atoms with van der Waals surface area (Å²) in [5.74, 6) is 0.680. The smallest absolute Gasteiger partial charge is 0.0136 e. The fraction of sp³-hybridized carbons (Fsp3) is 0.529. The summed E-state index contributed by atoms with van der Waals surface area (Å²) < 4.78 is 0. The molecule has 0 bridgehead atoms. The second kappa shape index (κ2) is 6.19. The van der Waals surface area contributed by atoms with Crippen molar-refractivity contribution in [3.8, 4) is 0 Å². The lowest BCUT2D eigenvalue weighted by Crippen LogP contribution is -2.34. The van der Waals surface area contributed by atoms with Crippen LogP contribution in [-0.4, -0.2) is 13.1 Å². The van der Waals surface area contributed by atoms with E-state index >= 15 is 0 Å². The molecule has 2 atom stereocenters. The number of nitrogens with one attached hydrogen (secondary N) is 1. The SMILES string of the molecule is C=C(C)CCC(NC)C1CCCc2ccccc21. The van der Waals surface area contributed by atoms with Crippen LogP contribution >= 0.6 is 0 Å². The first-order valence-electron chi connectivity index (χ1n) is 7.12. The zero-order valence-electron chi connectivity index (χ0n) is 11.7. The maximum absolute atomic E-state index is 4.02. The number of hydrogen-bond donors (Lipinski definition) is 1. The molecule has 0 fully saturated rings. The highest BCUT2D eigenvalue weighted by molar-refractivity contribution is 5.33. The lowest BCUT2D eigenvalue weighted by atomic mass is 9.77. The molecule has 0 aliphatic heterocycles. The summed E-state index contributed by atoms with van der Waals surface area (Å²) in [5.41, 5.74) is 4.42. The summed E-state index contributed by atoms with van der Waals surface area (Å²) in [5, 5.41) is 3.53. The first-order valence-corrected chi connectivity index (χ1v) is 7.12. The second-order valence-electron chi connectivity index (χ2n) is 5.59. The van der Waals surface area contributed by atoms with E-state index in [1.807, 2.05) is 0 Å². The molecular formula is C17H25N. The van der Waals surface area contributed by atoms with Gasteiger partial charge in [0.15, 0.2) is 0 Å². The normalized spacial score (nSPS) is 20.2. The molecule has 0 aromatic heterocycles. The summed E-state index contributed by atoms with van der Waals surface area (Å²) in [6.07, 6.45) is 6.23. The van der Waals surface area contributed by atoms with Crippen molar-refractivity contribution >= 4 is 0 Å². The number of allylic oxidation sites excluding steroid dienone is 1. The number of aryl methyl sites for hydroxylation is 1. The van der Waals surface area contributed by atoms with Gasteiger partial charge in [-0.15, -0.1) is 6.58 Å². The molecule has 1 heteroatoms. The van der Waals surface area contributed by atoms with Crippen molar-refractivity contribution in [3.05, 3.63) is 47.5 Å².